The van der Waals surface area contributed by atoms with Gasteiger partial charge < -0.3 is 10.1 Å². The molecule has 0 atom stereocenters. The first-order valence-electron chi connectivity index (χ1n) is 8.40. The van der Waals surface area contributed by atoms with E-state index in [-0.39, 0.29) is 17.3 Å². The van der Waals surface area contributed by atoms with E-state index in [4.69, 9.17) is 4.74 Å². The number of carbonyl (C=O) groups is 1. The third-order valence-corrected chi connectivity index (χ3v) is 7.54. The van der Waals surface area contributed by atoms with Crippen LogP contribution >= 0.6 is 11.3 Å². The zero-order valence-corrected chi connectivity index (χ0v) is 16.5. The number of amides is 1. The number of carbonyl (C=O) groups excluding carboxylic acids is 1. The van der Waals surface area contributed by atoms with Crippen molar-refractivity contribution in [3.63, 3.8) is 0 Å². The standard InChI is InChI=1S/C18H22N2O4S2/c1-13-11-16(25-14(13)2)18(21)19-12-15-5-3-4-6-17(15)26(22,23)20-7-9-24-10-8-20/h3-6,11H,7-10,12H2,1-2H3,(H,19,21). The maximum atomic E-state index is 12.9. The van der Waals surface area contributed by atoms with Gasteiger partial charge in [0.25, 0.3) is 5.91 Å². The zero-order chi connectivity index (χ0) is 18.7. The SMILES string of the molecule is Cc1cc(C(=O)NCc2ccccc2S(=O)(=O)N2CCOCC2)sc1C. The molecule has 1 aliphatic rings. The Labute approximate surface area is 157 Å². The van der Waals surface area contributed by atoms with Gasteiger partial charge in [-0.25, -0.2) is 8.42 Å². The molecule has 1 amide bonds. The fourth-order valence-corrected chi connectivity index (χ4v) is 5.36. The topological polar surface area (TPSA) is 75.7 Å². The summed E-state index contributed by atoms with van der Waals surface area (Å²) in [5.41, 5.74) is 1.66. The summed E-state index contributed by atoms with van der Waals surface area (Å²) in [5, 5.41) is 2.84. The number of morpholine rings is 1. The molecule has 0 saturated carbocycles. The highest BCUT2D eigenvalue weighted by Crippen LogP contribution is 2.23. The number of aryl methyl sites for hydroxylation is 2. The number of nitrogens with zero attached hydrogens (tertiary/aromatic N) is 1. The van der Waals surface area contributed by atoms with E-state index in [0.29, 0.717) is 36.7 Å². The number of hydrogen-bond acceptors (Lipinski definition) is 5. The summed E-state index contributed by atoms with van der Waals surface area (Å²) in [6, 6.07) is 8.65. The van der Waals surface area contributed by atoms with Crippen LogP contribution in [-0.2, 0) is 21.3 Å². The molecule has 140 valence electrons. The number of thiophene rings is 1. The van der Waals surface area contributed by atoms with E-state index in [1.165, 1.54) is 15.6 Å². The van der Waals surface area contributed by atoms with E-state index in [9.17, 15) is 13.2 Å². The van der Waals surface area contributed by atoms with Crippen molar-refractivity contribution in [1.29, 1.82) is 0 Å². The summed E-state index contributed by atoms with van der Waals surface area (Å²) in [5.74, 6) is -0.190. The highest BCUT2D eigenvalue weighted by Gasteiger charge is 2.28. The van der Waals surface area contributed by atoms with E-state index >= 15 is 0 Å². The Balaban J connectivity index is 1.78. The largest absolute Gasteiger partial charge is 0.379 e. The lowest BCUT2D eigenvalue weighted by Crippen LogP contribution is -2.41. The zero-order valence-electron chi connectivity index (χ0n) is 14.8. The lowest BCUT2D eigenvalue weighted by atomic mass is 10.2. The highest BCUT2D eigenvalue weighted by molar-refractivity contribution is 7.89. The Morgan fingerprint density at radius 1 is 1.23 bits per heavy atom. The Hall–Kier alpha value is -1.74. The molecular weight excluding hydrogens is 372 g/mol. The lowest BCUT2D eigenvalue weighted by molar-refractivity contribution is 0.0730. The van der Waals surface area contributed by atoms with Crippen LogP contribution in [0, 0.1) is 13.8 Å². The number of benzene rings is 1. The number of nitrogens with one attached hydrogen (secondary N) is 1. The molecule has 6 nitrogen and oxygen atoms in total. The summed E-state index contributed by atoms with van der Waals surface area (Å²) in [4.78, 5) is 14.3. The quantitative estimate of drug-likeness (QED) is 0.844. The van der Waals surface area contributed by atoms with Crippen LogP contribution in [0.2, 0.25) is 0 Å². The van der Waals surface area contributed by atoms with Crippen LogP contribution in [0.1, 0.15) is 25.7 Å². The Bertz CT molecular complexity index is 880. The third kappa shape index (κ3) is 3.98. The molecule has 0 spiro atoms. The van der Waals surface area contributed by atoms with Crippen LogP contribution in [-0.4, -0.2) is 44.9 Å². The van der Waals surface area contributed by atoms with Gasteiger partial charge in [0.05, 0.1) is 23.0 Å². The molecule has 1 aromatic carbocycles. The summed E-state index contributed by atoms with van der Waals surface area (Å²) in [6.45, 7) is 5.58. The first kappa shape index (κ1) is 19.0. The van der Waals surface area contributed by atoms with Gasteiger partial charge >= 0.3 is 0 Å². The van der Waals surface area contributed by atoms with Gasteiger partial charge in [0.1, 0.15) is 0 Å². The molecule has 1 aliphatic heterocycles. The minimum Gasteiger partial charge on any atom is -0.379 e. The van der Waals surface area contributed by atoms with Crippen LogP contribution in [0.25, 0.3) is 0 Å². The van der Waals surface area contributed by atoms with Crippen LogP contribution < -0.4 is 5.32 Å². The second-order valence-corrected chi connectivity index (χ2v) is 9.32. The van der Waals surface area contributed by atoms with E-state index in [0.717, 1.165) is 10.4 Å². The molecule has 1 aromatic heterocycles. The maximum Gasteiger partial charge on any atom is 0.261 e. The van der Waals surface area contributed by atoms with Gasteiger partial charge in [-0.3, -0.25) is 4.79 Å². The minimum atomic E-state index is -3.60. The molecule has 0 bridgehead atoms. The summed E-state index contributed by atoms with van der Waals surface area (Å²) >= 11 is 1.44. The predicted octanol–water partition coefficient (Wildman–Crippen LogP) is 2.32. The average Bonchev–Trinajstić information content (AvgIpc) is 2.99. The number of sulfonamides is 1. The van der Waals surface area contributed by atoms with Crippen molar-refractivity contribution in [2.24, 2.45) is 0 Å². The molecule has 26 heavy (non-hydrogen) atoms. The van der Waals surface area contributed by atoms with E-state index in [1.807, 2.05) is 19.9 Å². The van der Waals surface area contributed by atoms with Gasteiger partial charge in [0.15, 0.2) is 0 Å². The monoisotopic (exact) mass is 394 g/mol. The second-order valence-electron chi connectivity index (χ2n) is 6.16. The smallest absolute Gasteiger partial charge is 0.261 e. The number of hydrogen-bond donors (Lipinski definition) is 1. The summed E-state index contributed by atoms with van der Waals surface area (Å²) in [6.07, 6.45) is 0. The van der Waals surface area contributed by atoms with Crippen molar-refractivity contribution < 1.29 is 17.9 Å². The van der Waals surface area contributed by atoms with E-state index in [2.05, 4.69) is 5.32 Å². The third-order valence-electron chi connectivity index (χ3n) is 4.39. The van der Waals surface area contributed by atoms with Crippen molar-refractivity contribution in [3.05, 3.63) is 51.2 Å². The van der Waals surface area contributed by atoms with Crippen LogP contribution in [0.15, 0.2) is 35.2 Å². The Morgan fingerprint density at radius 3 is 2.58 bits per heavy atom. The van der Waals surface area contributed by atoms with Crippen molar-refractivity contribution in [2.75, 3.05) is 26.3 Å². The molecule has 0 unspecified atom stereocenters. The van der Waals surface area contributed by atoms with Crippen molar-refractivity contribution >= 4 is 27.3 Å². The van der Waals surface area contributed by atoms with Crippen molar-refractivity contribution in [2.45, 2.75) is 25.3 Å². The molecular formula is C18H22N2O4S2. The minimum absolute atomic E-state index is 0.161. The van der Waals surface area contributed by atoms with Crippen LogP contribution in [0.4, 0.5) is 0 Å². The average molecular weight is 395 g/mol. The molecule has 2 heterocycles. The molecule has 2 aromatic rings. The second kappa shape index (κ2) is 7.87. The van der Waals surface area contributed by atoms with Gasteiger partial charge in [-0.15, -0.1) is 11.3 Å². The van der Waals surface area contributed by atoms with Gasteiger partial charge in [-0.2, -0.15) is 4.31 Å². The molecule has 3 rings (SSSR count). The highest BCUT2D eigenvalue weighted by atomic mass is 32.2. The van der Waals surface area contributed by atoms with Gasteiger partial charge in [0, 0.05) is 24.5 Å². The molecule has 1 saturated heterocycles. The van der Waals surface area contributed by atoms with E-state index in [1.54, 1.807) is 24.3 Å². The first-order chi connectivity index (χ1) is 12.4. The van der Waals surface area contributed by atoms with Crippen LogP contribution in [0.3, 0.4) is 0 Å². The first-order valence-corrected chi connectivity index (χ1v) is 10.7. The summed E-state index contributed by atoms with van der Waals surface area (Å²) in [7, 11) is -3.60. The molecule has 8 heteroatoms. The van der Waals surface area contributed by atoms with E-state index < -0.39 is 10.0 Å². The molecule has 1 N–H and O–H groups in total. The van der Waals surface area contributed by atoms with Crippen LogP contribution in [0.5, 0.6) is 0 Å². The number of ether oxygens (including phenoxy) is 1. The van der Waals surface area contributed by atoms with Gasteiger partial charge in [0.2, 0.25) is 10.0 Å². The Morgan fingerprint density at radius 2 is 1.92 bits per heavy atom. The molecule has 0 aliphatic carbocycles. The van der Waals surface area contributed by atoms with Gasteiger partial charge in [-0.05, 0) is 37.1 Å². The fraction of sp³-hybridized carbons (Fsp3) is 0.389. The number of rotatable bonds is 5. The fourth-order valence-electron chi connectivity index (χ4n) is 2.78. The van der Waals surface area contributed by atoms with Gasteiger partial charge in [-0.1, -0.05) is 18.2 Å². The normalized spacial score (nSPS) is 15.8. The lowest BCUT2D eigenvalue weighted by Gasteiger charge is -2.27. The maximum absolute atomic E-state index is 12.9. The van der Waals surface area contributed by atoms with Crippen molar-refractivity contribution in [3.8, 4) is 0 Å². The van der Waals surface area contributed by atoms with Crippen molar-refractivity contribution in [1.82, 2.24) is 9.62 Å². The predicted molar refractivity (Wildman–Crippen MR) is 101 cm³/mol. The summed E-state index contributed by atoms with van der Waals surface area (Å²) < 4.78 is 32.5. The molecule has 0 radical (unpaired) electrons. The Kier molecular flexibility index (Phi) is 5.76. The molecule has 1 fully saturated rings.